The Morgan fingerprint density at radius 3 is 2.53 bits per heavy atom. The van der Waals surface area contributed by atoms with Crippen molar-refractivity contribution in [3.8, 4) is 6.07 Å². The molecule has 86 valence electrons. The summed E-state index contributed by atoms with van der Waals surface area (Å²) in [5, 5.41) is 22.8. The first-order chi connectivity index (χ1) is 6.89. The Hall–Kier alpha value is -1.12. The summed E-state index contributed by atoms with van der Waals surface area (Å²) in [4.78, 5) is 11.4. The summed E-state index contributed by atoms with van der Waals surface area (Å²) in [7, 11) is 0. The van der Waals surface area contributed by atoms with Gasteiger partial charge in [0.15, 0.2) is 0 Å². The van der Waals surface area contributed by atoms with Gasteiger partial charge < -0.3 is 10.4 Å². The fourth-order valence-electron chi connectivity index (χ4n) is 1.06. The zero-order valence-electron chi connectivity index (χ0n) is 9.50. The van der Waals surface area contributed by atoms with Crippen molar-refractivity contribution in [2.24, 2.45) is 0 Å². The van der Waals surface area contributed by atoms with Crippen LogP contribution in [0.3, 0.4) is 0 Å². The molecule has 1 unspecified atom stereocenters. The number of aliphatic hydroxyl groups is 1. The topological polar surface area (TPSA) is 85.2 Å². The van der Waals surface area contributed by atoms with E-state index in [0.29, 0.717) is 6.54 Å². The SMILES string of the molecule is CC(C)(C)NC(=O)CC(C#N)NCCO. The zero-order valence-corrected chi connectivity index (χ0v) is 9.50. The van der Waals surface area contributed by atoms with Crippen molar-refractivity contribution in [1.29, 1.82) is 5.26 Å². The molecular formula is C10H19N3O2. The standard InChI is InChI=1S/C10H19N3O2/c1-10(2,3)13-9(15)6-8(7-11)12-4-5-14/h8,12,14H,4-6H2,1-3H3,(H,13,15). The summed E-state index contributed by atoms with van der Waals surface area (Å²) in [6, 6.07) is 1.43. The van der Waals surface area contributed by atoms with Crippen molar-refractivity contribution < 1.29 is 9.90 Å². The highest BCUT2D eigenvalue weighted by Crippen LogP contribution is 2.00. The molecule has 0 heterocycles. The van der Waals surface area contributed by atoms with E-state index < -0.39 is 6.04 Å². The third kappa shape index (κ3) is 7.91. The lowest BCUT2D eigenvalue weighted by Crippen LogP contribution is -2.43. The Balaban J connectivity index is 3.98. The number of aliphatic hydroxyl groups excluding tert-OH is 1. The van der Waals surface area contributed by atoms with E-state index in [9.17, 15) is 4.79 Å². The number of nitrogens with zero attached hydrogens (tertiary/aromatic N) is 1. The first-order valence-corrected chi connectivity index (χ1v) is 4.94. The van der Waals surface area contributed by atoms with Crippen molar-refractivity contribution in [1.82, 2.24) is 10.6 Å². The Morgan fingerprint density at radius 2 is 2.13 bits per heavy atom. The molecule has 0 aliphatic rings. The van der Waals surface area contributed by atoms with Crippen LogP contribution in [0.15, 0.2) is 0 Å². The zero-order chi connectivity index (χ0) is 11.9. The fourth-order valence-corrected chi connectivity index (χ4v) is 1.06. The summed E-state index contributed by atoms with van der Waals surface area (Å²) < 4.78 is 0. The molecule has 3 N–H and O–H groups in total. The highest BCUT2D eigenvalue weighted by Gasteiger charge is 2.17. The van der Waals surface area contributed by atoms with Gasteiger partial charge in [-0.1, -0.05) is 0 Å². The first-order valence-electron chi connectivity index (χ1n) is 4.94. The van der Waals surface area contributed by atoms with Crippen molar-refractivity contribution in [2.45, 2.75) is 38.8 Å². The molecule has 0 aromatic carbocycles. The minimum absolute atomic E-state index is 0.0426. The maximum Gasteiger partial charge on any atom is 0.223 e. The monoisotopic (exact) mass is 213 g/mol. The summed E-state index contributed by atoms with van der Waals surface area (Å²) in [6.07, 6.45) is 0.105. The summed E-state index contributed by atoms with van der Waals surface area (Å²) >= 11 is 0. The lowest BCUT2D eigenvalue weighted by atomic mass is 10.1. The van der Waals surface area contributed by atoms with Crippen LogP contribution in [0, 0.1) is 11.3 Å². The normalized spacial score (nSPS) is 13.0. The van der Waals surface area contributed by atoms with E-state index in [1.165, 1.54) is 0 Å². The highest BCUT2D eigenvalue weighted by atomic mass is 16.3. The number of hydrogen-bond acceptors (Lipinski definition) is 4. The van der Waals surface area contributed by atoms with Gasteiger partial charge in [-0.15, -0.1) is 0 Å². The second kappa shape index (κ2) is 6.38. The summed E-state index contributed by atoms with van der Waals surface area (Å²) in [6.45, 7) is 5.92. The Labute approximate surface area is 90.5 Å². The highest BCUT2D eigenvalue weighted by molar-refractivity contribution is 5.77. The van der Waals surface area contributed by atoms with Gasteiger partial charge in [0, 0.05) is 12.1 Å². The molecule has 0 spiro atoms. The molecule has 0 aliphatic carbocycles. The van der Waals surface area contributed by atoms with Crippen LogP contribution >= 0.6 is 0 Å². The molecule has 0 radical (unpaired) electrons. The number of nitrogens with one attached hydrogen (secondary N) is 2. The number of rotatable bonds is 5. The summed E-state index contributed by atoms with van der Waals surface area (Å²) in [5.74, 6) is -0.167. The largest absolute Gasteiger partial charge is 0.395 e. The predicted octanol–water partition coefficient (Wildman–Crippen LogP) is -0.235. The molecule has 0 aliphatic heterocycles. The third-order valence-electron chi connectivity index (χ3n) is 1.56. The number of nitriles is 1. The van der Waals surface area contributed by atoms with Crippen LogP contribution < -0.4 is 10.6 Å². The smallest absolute Gasteiger partial charge is 0.223 e. The maximum absolute atomic E-state index is 11.4. The van der Waals surface area contributed by atoms with E-state index in [2.05, 4.69) is 10.6 Å². The maximum atomic E-state index is 11.4. The van der Waals surface area contributed by atoms with Crippen molar-refractivity contribution in [3.63, 3.8) is 0 Å². The van der Waals surface area contributed by atoms with Gasteiger partial charge in [0.2, 0.25) is 5.91 Å². The van der Waals surface area contributed by atoms with Crippen LogP contribution in [0.2, 0.25) is 0 Å². The first kappa shape index (κ1) is 13.9. The van der Waals surface area contributed by atoms with Crippen LogP contribution in [0.5, 0.6) is 0 Å². The van der Waals surface area contributed by atoms with Gasteiger partial charge in [0.25, 0.3) is 0 Å². The molecule has 0 fully saturated rings. The molecule has 1 atom stereocenters. The van der Waals surface area contributed by atoms with Crippen LogP contribution in [-0.4, -0.2) is 35.7 Å². The second-order valence-electron chi connectivity index (χ2n) is 4.36. The van der Waals surface area contributed by atoms with Crippen LogP contribution in [0.1, 0.15) is 27.2 Å². The lowest BCUT2D eigenvalue weighted by Gasteiger charge is -2.21. The number of carbonyl (C=O) groups excluding carboxylic acids is 1. The van der Waals surface area contributed by atoms with Gasteiger partial charge in [-0.2, -0.15) is 5.26 Å². The van der Waals surface area contributed by atoms with Crippen molar-refractivity contribution in [2.75, 3.05) is 13.2 Å². The van der Waals surface area contributed by atoms with Crippen LogP contribution in [0.4, 0.5) is 0 Å². The molecule has 15 heavy (non-hydrogen) atoms. The summed E-state index contributed by atoms with van der Waals surface area (Å²) in [5.41, 5.74) is -0.284. The number of carbonyl (C=O) groups is 1. The molecular weight excluding hydrogens is 194 g/mol. The fraction of sp³-hybridized carbons (Fsp3) is 0.800. The van der Waals surface area contributed by atoms with Crippen LogP contribution in [-0.2, 0) is 4.79 Å². The van der Waals surface area contributed by atoms with Gasteiger partial charge in [0.1, 0.15) is 6.04 Å². The minimum atomic E-state index is -0.542. The van der Waals surface area contributed by atoms with Gasteiger partial charge in [-0.05, 0) is 20.8 Å². The van der Waals surface area contributed by atoms with Gasteiger partial charge in [-0.25, -0.2) is 0 Å². The van der Waals surface area contributed by atoms with Crippen molar-refractivity contribution in [3.05, 3.63) is 0 Å². The van der Waals surface area contributed by atoms with Crippen LogP contribution in [0.25, 0.3) is 0 Å². The lowest BCUT2D eigenvalue weighted by molar-refractivity contribution is -0.122. The molecule has 0 aromatic rings. The molecule has 1 amide bonds. The van der Waals surface area contributed by atoms with E-state index in [4.69, 9.17) is 10.4 Å². The van der Waals surface area contributed by atoms with Gasteiger partial charge in [0.05, 0.1) is 19.1 Å². The van der Waals surface area contributed by atoms with Gasteiger partial charge >= 0.3 is 0 Å². The van der Waals surface area contributed by atoms with E-state index in [-0.39, 0.29) is 24.5 Å². The number of amides is 1. The van der Waals surface area contributed by atoms with Crippen molar-refractivity contribution >= 4 is 5.91 Å². The Morgan fingerprint density at radius 1 is 1.53 bits per heavy atom. The molecule has 5 heteroatoms. The quantitative estimate of drug-likeness (QED) is 0.588. The van der Waals surface area contributed by atoms with E-state index in [1.54, 1.807) is 0 Å². The third-order valence-corrected chi connectivity index (χ3v) is 1.56. The number of hydrogen-bond donors (Lipinski definition) is 3. The molecule has 0 rings (SSSR count). The molecule has 0 aromatic heterocycles. The Bertz CT molecular complexity index is 240. The molecule has 0 saturated carbocycles. The molecule has 0 bridgehead atoms. The average molecular weight is 213 g/mol. The predicted molar refractivity (Wildman–Crippen MR) is 57.0 cm³/mol. The second-order valence-corrected chi connectivity index (χ2v) is 4.36. The van der Waals surface area contributed by atoms with E-state index >= 15 is 0 Å². The van der Waals surface area contributed by atoms with E-state index in [1.807, 2.05) is 26.8 Å². The minimum Gasteiger partial charge on any atom is -0.395 e. The molecule has 0 saturated heterocycles. The van der Waals surface area contributed by atoms with Gasteiger partial charge in [-0.3, -0.25) is 10.1 Å². The Kier molecular flexibility index (Phi) is 5.90. The van der Waals surface area contributed by atoms with E-state index in [0.717, 1.165) is 0 Å². The molecule has 5 nitrogen and oxygen atoms in total. The average Bonchev–Trinajstić information content (AvgIpc) is 2.09.